The Labute approximate surface area is 301 Å². The van der Waals surface area contributed by atoms with Gasteiger partial charge in [-0.15, -0.1) is 11.3 Å². The number of pyridine rings is 1. The molecular formula is C39H48F3N5O3S. The molecule has 3 aromatic rings. The van der Waals surface area contributed by atoms with Gasteiger partial charge in [0.25, 0.3) is 5.92 Å². The highest BCUT2D eigenvalue weighted by molar-refractivity contribution is 7.17. The van der Waals surface area contributed by atoms with Crippen molar-refractivity contribution in [3.63, 3.8) is 0 Å². The summed E-state index contributed by atoms with van der Waals surface area (Å²) < 4.78 is 58.4. The number of β-amino-alcohol motifs (C(OH)–C–C–N with tert-alkyl or cyclic N) is 1. The molecule has 8 nitrogen and oxygen atoms in total. The van der Waals surface area contributed by atoms with Crippen LogP contribution in [-0.2, 0) is 15.4 Å². The third-order valence-electron chi connectivity index (χ3n) is 10.1. The van der Waals surface area contributed by atoms with E-state index >= 15 is 8.78 Å². The molecule has 1 aromatic carbocycles. The Hall–Kier alpha value is -3.71. The fraction of sp³-hybridized carbons (Fsp3) is 0.487. The lowest BCUT2D eigenvalue weighted by Gasteiger charge is -2.32. The van der Waals surface area contributed by atoms with Gasteiger partial charge in [-0.3, -0.25) is 9.88 Å². The number of ether oxygens (including phenoxy) is 2. The Morgan fingerprint density at radius 2 is 2.12 bits per heavy atom. The molecule has 0 bridgehead atoms. The molecule has 2 aromatic heterocycles. The van der Waals surface area contributed by atoms with E-state index in [1.807, 2.05) is 11.0 Å². The molecule has 3 aliphatic heterocycles. The summed E-state index contributed by atoms with van der Waals surface area (Å²) in [4.78, 5) is 14.1. The van der Waals surface area contributed by atoms with Crippen LogP contribution in [0.4, 0.5) is 13.2 Å². The van der Waals surface area contributed by atoms with Gasteiger partial charge in [0.1, 0.15) is 24.2 Å². The van der Waals surface area contributed by atoms with Crippen molar-refractivity contribution in [2.24, 2.45) is 4.99 Å². The number of halogens is 3. The van der Waals surface area contributed by atoms with Gasteiger partial charge in [-0.2, -0.15) is 4.99 Å². The second kappa shape index (κ2) is 14.4. The molecule has 3 aliphatic rings. The van der Waals surface area contributed by atoms with Crippen LogP contribution in [-0.4, -0.2) is 96.1 Å². The summed E-state index contributed by atoms with van der Waals surface area (Å²) in [6.07, 6.45) is 8.31. The van der Waals surface area contributed by atoms with Crippen LogP contribution in [0.5, 0.6) is 0 Å². The van der Waals surface area contributed by atoms with Crippen LogP contribution in [0.15, 0.2) is 29.4 Å². The van der Waals surface area contributed by atoms with Crippen LogP contribution in [0, 0.1) is 0 Å². The minimum atomic E-state index is -3.14. The second-order valence-electron chi connectivity index (χ2n) is 14.3. The van der Waals surface area contributed by atoms with Gasteiger partial charge in [0.2, 0.25) is 0 Å². The number of aromatic nitrogens is 1. The topological polar surface area (TPSA) is 82.5 Å². The molecule has 3 fully saturated rings. The van der Waals surface area contributed by atoms with Gasteiger partial charge in [0.05, 0.1) is 35.7 Å². The molecule has 0 saturated carbocycles. The van der Waals surface area contributed by atoms with E-state index < -0.39 is 17.7 Å². The van der Waals surface area contributed by atoms with E-state index in [1.54, 1.807) is 52.4 Å². The first kappa shape index (κ1) is 37.1. The molecule has 5 heterocycles. The summed E-state index contributed by atoms with van der Waals surface area (Å²) >= 11 is 1.40. The summed E-state index contributed by atoms with van der Waals surface area (Å²) in [5.74, 6) is -2.19. The first-order chi connectivity index (χ1) is 24.2. The maximum Gasteiger partial charge on any atom is 0.271 e. The maximum absolute atomic E-state index is 15.2. The average Bonchev–Trinajstić information content (AvgIpc) is 3.65. The van der Waals surface area contributed by atoms with E-state index in [0.717, 1.165) is 41.6 Å². The molecule has 2 N–H and O–H groups in total. The summed E-state index contributed by atoms with van der Waals surface area (Å²) in [7, 11) is 1.75. The van der Waals surface area contributed by atoms with Crippen LogP contribution in [0.3, 0.4) is 0 Å². The molecule has 0 radical (unpaired) electrons. The van der Waals surface area contributed by atoms with Crippen LogP contribution in [0.1, 0.15) is 58.1 Å². The molecular weight excluding hydrogens is 676 g/mol. The Kier molecular flexibility index (Phi) is 10.4. The molecule has 0 aliphatic carbocycles. The van der Waals surface area contributed by atoms with Crippen molar-refractivity contribution in [3.05, 3.63) is 55.7 Å². The Morgan fingerprint density at radius 1 is 1.33 bits per heavy atom. The number of alkyl halides is 3. The van der Waals surface area contributed by atoms with Gasteiger partial charge in [0.15, 0.2) is 5.90 Å². The standard InChI is InChI=1S/C39H48F3N5O3S/c1-8-10-28-31(38(6,41)42)17-24(2)30(19-43-7)33(28)34-35-29(11-13-44-34)32(25(3)51-35)36(46-15-16-49-22-37(5,48)21-46)45-26(4)50-23-39-12-9-14-47(39)20-27(40)18-39/h8,10-11,13,17,19,27,43,48H,2-3,9,12,14-16,18,20-23H2,1,4-7H3/b10-8-,30-19+,36-32-,45-26+/t27-,37+,39+/m1/s1. The molecule has 12 heteroatoms. The summed E-state index contributed by atoms with van der Waals surface area (Å²) in [6, 6.07) is 3.32. The maximum atomic E-state index is 15.2. The second-order valence-corrected chi connectivity index (χ2v) is 15.4. The van der Waals surface area contributed by atoms with Crippen LogP contribution < -0.4 is 25.5 Å². The van der Waals surface area contributed by atoms with Crippen molar-refractivity contribution in [2.75, 3.05) is 53.0 Å². The summed E-state index contributed by atoms with van der Waals surface area (Å²) in [5, 5.41) is 16.9. The Bertz CT molecular complexity index is 2090. The zero-order chi connectivity index (χ0) is 36.7. The zero-order valence-electron chi connectivity index (χ0n) is 30.1. The van der Waals surface area contributed by atoms with E-state index in [9.17, 15) is 9.50 Å². The molecule has 0 unspecified atom stereocenters. The zero-order valence-corrected chi connectivity index (χ0v) is 30.9. The highest BCUT2D eigenvalue weighted by Crippen LogP contribution is 2.40. The SMILES string of the molecule is C=c1cc(C(C)(F)F)c(/C=C\C)c(-c2nccc3/c(=C(/N=C(\C)OC[C@@]45CCCN4C[C@H](F)C5)N4CCOC[C@@](C)(O)C4)c(=C)sc23)/c1=C/NC. The number of rotatable bonds is 8. The van der Waals surface area contributed by atoms with Crippen molar-refractivity contribution in [1.29, 1.82) is 0 Å². The molecule has 6 rings (SSSR count). The summed E-state index contributed by atoms with van der Waals surface area (Å²) in [5.41, 5.74) is -0.239. The number of nitrogens with zero attached hydrogens (tertiary/aromatic N) is 4. The van der Waals surface area contributed by atoms with Gasteiger partial charge in [0, 0.05) is 84.3 Å². The first-order valence-corrected chi connectivity index (χ1v) is 18.3. The third-order valence-corrected chi connectivity index (χ3v) is 11.1. The van der Waals surface area contributed by atoms with Crippen molar-refractivity contribution in [2.45, 2.75) is 70.2 Å². The van der Waals surface area contributed by atoms with Crippen molar-refractivity contribution < 1.29 is 27.8 Å². The number of hydrogen-bond donors (Lipinski definition) is 2. The smallest absolute Gasteiger partial charge is 0.271 e. The lowest BCUT2D eigenvalue weighted by Crippen LogP contribution is -2.43. The van der Waals surface area contributed by atoms with Gasteiger partial charge >= 0.3 is 0 Å². The molecule has 3 atom stereocenters. The number of benzene rings is 1. The minimum Gasteiger partial charge on any atom is -0.479 e. The van der Waals surface area contributed by atoms with E-state index in [4.69, 9.17) is 19.5 Å². The van der Waals surface area contributed by atoms with Crippen molar-refractivity contribution in [3.8, 4) is 11.3 Å². The van der Waals surface area contributed by atoms with Crippen LogP contribution in [0.2, 0.25) is 0 Å². The number of nitrogens with one attached hydrogen (secondary N) is 1. The minimum absolute atomic E-state index is 0.141. The Balaban J connectivity index is 1.59. The van der Waals surface area contributed by atoms with Crippen molar-refractivity contribution in [1.82, 2.24) is 20.1 Å². The van der Waals surface area contributed by atoms with E-state index in [2.05, 4.69) is 23.4 Å². The third kappa shape index (κ3) is 7.33. The molecule has 274 valence electrons. The molecule has 0 spiro atoms. The number of allylic oxidation sites excluding steroid dienone is 1. The highest BCUT2D eigenvalue weighted by Gasteiger charge is 2.49. The van der Waals surface area contributed by atoms with E-state index in [0.29, 0.717) is 76.2 Å². The first-order valence-electron chi connectivity index (χ1n) is 17.5. The fourth-order valence-corrected chi connectivity index (χ4v) is 8.95. The van der Waals surface area contributed by atoms with Crippen molar-refractivity contribution >= 4 is 58.6 Å². The molecule has 51 heavy (non-hydrogen) atoms. The monoisotopic (exact) mass is 723 g/mol. The molecule has 3 saturated heterocycles. The number of aliphatic imine (C=N–C) groups is 1. The number of aliphatic hydroxyl groups is 1. The van der Waals surface area contributed by atoms with E-state index in [-0.39, 0.29) is 24.3 Å². The Morgan fingerprint density at radius 3 is 2.84 bits per heavy atom. The highest BCUT2D eigenvalue weighted by atomic mass is 32.1. The van der Waals surface area contributed by atoms with Gasteiger partial charge in [-0.25, -0.2) is 13.2 Å². The predicted molar refractivity (Wildman–Crippen MR) is 201 cm³/mol. The predicted octanol–water partition coefficient (Wildman–Crippen LogP) is 4.05. The fourth-order valence-electron chi connectivity index (χ4n) is 7.87. The van der Waals surface area contributed by atoms with Gasteiger partial charge < -0.3 is 24.8 Å². The number of thiophene rings is 1. The average molecular weight is 724 g/mol. The van der Waals surface area contributed by atoms with E-state index in [1.165, 1.54) is 17.4 Å². The lowest BCUT2D eigenvalue weighted by molar-refractivity contribution is -0.0186. The normalized spacial score (nSPS) is 25.9. The lowest BCUT2D eigenvalue weighted by atomic mass is 9.91. The molecule has 0 amide bonds. The number of hydrogen-bond acceptors (Lipinski definition) is 9. The van der Waals surface area contributed by atoms with Crippen LogP contribution in [0.25, 0.3) is 52.6 Å². The van der Waals surface area contributed by atoms with Gasteiger partial charge in [-0.05, 0) is 56.1 Å². The quantitative estimate of drug-likeness (QED) is 0.268. The largest absolute Gasteiger partial charge is 0.479 e. The van der Waals surface area contributed by atoms with Gasteiger partial charge in [-0.1, -0.05) is 25.3 Å². The summed E-state index contributed by atoms with van der Waals surface area (Å²) in [6.45, 7) is 17.6. The van der Waals surface area contributed by atoms with Crippen LogP contribution >= 0.6 is 11.3 Å². The number of fused-ring (bicyclic) bond motifs is 2.